The van der Waals surface area contributed by atoms with Crippen molar-refractivity contribution in [2.24, 2.45) is 0 Å². The highest BCUT2D eigenvalue weighted by molar-refractivity contribution is 9.10. The van der Waals surface area contributed by atoms with Crippen LogP contribution in [0.15, 0.2) is 83.6 Å². The molecule has 20 heavy (non-hydrogen) atoms. The summed E-state index contributed by atoms with van der Waals surface area (Å²) >= 11 is 3.52. The first kappa shape index (κ1) is 13.5. The van der Waals surface area contributed by atoms with Crippen LogP contribution in [0.4, 0.5) is 0 Å². The molecule has 0 bridgehead atoms. The van der Waals surface area contributed by atoms with Crippen molar-refractivity contribution >= 4 is 39.8 Å². The Morgan fingerprint density at radius 1 is 0.700 bits per heavy atom. The van der Waals surface area contributed by atoms with Gasteiger partial charge in [-0.3, -0.25) is 4.98 Å². The molecular weight excluding hydrogens is 329 g/mol. The molecule has 2 aromatic carbocycles. The van der Waals surface area contributed by atoms with Gasteiger partial charge >= 0.3 is 0 Å². The van der Waals surface area contributed by atoms with Crippen molar-refractivity contribution < 1.29 is 0 Å². The predicted octanol–water partition coefficient (Wildman–Crippen LogP) is 3.60. The second kappa shape index (κ2) is 6.30. The maximum Gasteiger partial charge on any atom is 0.0410 e. The summed E-state index contributed by atoms with van der Waals surface area (Å²) in [5, 5.41) is 3.94. The van der Waals surface area contributed by atoms with Crippen molar-refractivity contribution in [3.63, 3.8) is 0 Å². The van der Waals surface area contributed by atoms with E-state index in [9.17, 15) is 0 Å². The van der Waals surface area contributed by atoms with E-state index in [1.54, 1.807) is 0 Å². The zero-order valence-corrected chi connectivity index (χ0v) is 13.3. The highest BCUT2D eigenvalue weighted by atomic mass is 79.9. The summed E-state index contributed by atoms with van der Waals surface area (Å²) in [5.41, 5.74) is 0. The molecule has 0 unspecified atom stereocenters. The Bertz CT molecular complexity index is 646. The van der Waals surface area contributed by atoms with Crippen molar-refractivity contribution in [1.82, 2.24) is 4.98 Å². The number of benzene rings is 2. The summed E-state index contributed by atoms with van der Waals surface area (Å²) in [7, 11) is -0.555. The van der Waals surface area contributed by atoms with Gasteiger partial charge in [0, 0.05) is 22.2 Å². The molecule has 0 spiro atoms. The lowest BCUT2D eigenvalue weighted by molar-refractivity contribution is 1.33. The van der Waals surface area contributed by atoms with Crippen LogP contribution in [0.3, 0.4) is 0 Å². The summed E-state index contributed by atoms with van der Waals surface area (Å²) in [6.45, 7) is 0. The van der Waals surface area contributed by atoms with Crippen LogP contribution in [-0.4, -0.2) is 4.98 Å². The van der Waals surface area contributed by atoms with Crippen molar-refractivity contribution in [3.05, 3.63) is 83.6 Å². The minimum atomic E-state index is -0.555. The Morgan fingerprint density at radius 3 is 1.75 bits per heavy atom. The molecule has 0 saturated heterocycles. The summed E-state index contributed by atoms with van der Waals surface area (Å²) in [5.74, 6) is 0. The third kappa shape index (κ3) is 2.98. The third-order valence-corrected chi connectivity index (χ3v) is 5.80. The minimum absolute atomic E-state index is 0.555. The summed E-state index contributed by atoms with van der Waals surface area (Å²) in [4.78, 5) is 4.33. The van der Waals surface area contributed by atoms with E-state index in [4.69, 9.17) is 0 Å². The molecule has 98 valence electrons. The number of hydrogen-bond donors (Lipinski definition) is 0. The van der Waals surface area contributed by atoms with E-state index in [0.717, 1.165) is 4.47 Å². The first-order valence-electron chi connectivity index (χ1n) is 6.35. The van der Waals surface area contributed by atoms with Crippen LogP contribution in [0.25, 0.3) is 0 Å². The van der Waals surface area contributed by atoms with Crippen molar-refractivity contribution in [2.75, 3.05) is 0 Å². The van der Waals surface area contributed by atoms with Crippen LogP contribution in [-0.2, 0) is 0 Å². The zero-order chi connectivity index (χ0) is 13.8. The summed E-state index contributed by atoms with van der Waals surface area (Å²) in [6.07, 6.45) is 3.80. The summed E-state index contributed by atoms with van der Waals surface area (Å²) < 4.78 is 1.02. The monoisotopic (exact) mass is 341 g/mol. The number of rotatable bonds is 3. The van der Waals surface area contributed by atoms with E-state index in [2.05, 4.69) is 87.6 Å². The van der Waals surface area contributed by atoms with Crippen LogP contribution in [0, 0.1) is 0 Å². The fraction of sp³-hybridized carbons (Fsp3) is 0. The van der Waals surface area contributed by atoms with Crippen LogP contribution in [0.2, 0.25) is 0 Å². The molecule has 3 rings (SSSR count). The van der Waals surface area contributed by atoms with Gasteiger partial charge < -0.3 is 0 Å². The molecule has 0 amide bonds. The number of aromatic nitrogens is 1. The number of pyridine rings is 1. The lowest BCUT2D eigenvalue weighted by Gasteiger charge is -2.18. The highest BCUT2D eigenvalue weighted by Crippen LogP contribution is 2.32. The van der Waals surface area contributed by atoms with Crippen LogP contribution < -0.4 is 15.9 Å². The molecule has 3 aromatic rings. The lowest BCUT2D eigenvalue weighted by Crippen LogP contribution is -2.20. The van der Waals surface area contributed by atoms with E-state index in [1.165, 1.54) is 15.9 Å². The molecule has 0 aliphatic rings. The van der Waals surface area contributed by atoms with Gasteiger partial charge in [-0.1, -0.05) is 60.7 Å². The molecule has 0 radical (unpaired) electrons. The molecule has 1 heterocycles. The first-order chi connectivity index (χ1) is 9.84. The van der Waals surface area contributed by atoms with E-state index < -0.39 is 7.92 Å². The van der Waals surface area contributed by atoms with Crippen molar-refractivity contribution in [1.29, 1.82) is 0 Å². The van der Waals surface area contributed by atoms with Crippen molar-refractivity contribution in [2.45, 2.75) is 0 Å². The number of hydrogen-bond acceptors (Lipinski definition) is 1. The van der Waals surface area contributed by atoms with Gasteiger partial charge in [-0.15, -0.1) is 0 Å². The molecule has 0 N–H and O–H groups in total. The lowest BCUT2D eigenvalue weighted by atomic mass is 10.4. The molecule has 0 aliphatic heterocycles. The molecule has 0 saturated carbocycles. The van der Waals surface area contributed by atoms with E-state index in [-0.39, 0.29) is 0 Å². The normalized spacial score (nSPS) is 10.7. The molecule has 3 heteroatoms. The average Bonchev–Trinajstić information content (AvgIpc) is 2.50. The van der Waals surface area contributed by atoms with Gasteiger partial charge in [-0.05, 0) is 40.5 Å². The van der Waals surface area contributed by atoms with Crippen molar-refractivity contribution in [3.8, 4) is 0 Å². The van der Waals surface area contributed by atoms with Gasteiger partial charge in [0.15, 0.2) is 0 Å². The Morgan fingerprint density at radius 2 is 1.25 bits per heavy atom. The second-order valence-electron chi connectivity index (χ2n) is 4.37. The fourth-order valence-corrected chi connectivity index (χ4v) is 4.95. The quantitative estimate of drug-likeness (QED) is 0.663. The Hall–Kier alpha value is -1.50. The third-order valence-electron chi connectivity index (χ3n) is 2.98. The Labute approximate surface area is 128 Å². The maximum absolute atomic E-state index is 4.33. The van der Waals surface area contributed by atoms with E-state index in [1.807, 2.05) is 12.4 Å². The van der Waals surface area contributed by atoms with Crippen LogP contribution in [0.5, 0.6) is 0 Å². The molecule has 0 atom stereocenters. The molecule has 1 aromatic heterocycles. The largest absolute Gasteiger partial charge is 0.263 e. The molecule has 0 aliphatic carbocycles. The van der Waals surface area contributed by atoms with Gasteiger partial charge in [0.1, 0.15) is 0 Å². The standard InChI is InChI=1S/C17H13BrNP/c18-14-11-17(13-19-12-14)20(15-7-3-1-4-8-15)16-9-5-2-6-10-16/h1-13H. The summed E-state index contributed by atoms with van der Waals surface area (Å²) in [6, 6.07) is 23.4. The average molecular weight is 342 g/mol. The van der Waals surface area contributed by atoms with E-state index in [0.29, 0.717) is 0 Å². The van der Waals surface area contributed by atoms with Gasteiger partial charge in [0.25, 0.3) is 0 Å². The van der Waals surface area contributed by atoms with Gasteiger partial charge in [-0.25, -0.2) is 0 Å². The SMILES string of the molecule is Brc1cncc(P(c2ccccc2)c2ccccc2)c1. The minimum Gasteiger partial charge on any atom is -0.263 e. The van der Waals surface area contributed by atoms with Crippen LogP contribution >= 0.6 is 23.9 Å². The second-order valence-corrected chi connectivity index (χ2v) is 7.50. The highest BCUT2D eigenvalue weighted by Gasteiger charge is 2.16. The van der Waals surface area contributed by atoms with Gasteiger partial charge in [-0.2, -0.15) is 0 Å². The smallest absolute Gasteiger partial charge is 0.0410 e. The predicted molar refractivity (Wildman–Crippen MR) is 90.6 cm³/mol. The Balaban J connectivity index is 2.14. The van der Waals surface area contributed by atoms with Gasteiger partial charge in [0.2, 0.25) is 0 Å². The molecular formula is C17H13BrNP. The van der Waals surface area contributed by atoms with Gasteiger partial charge in [0.05, 0.1) is 0 Å². The maximum atomic E-state index is 4.33. The molecule has 1 nitrogen and oxygen atoms in total. The van der Waals surface area contributed by atoms with E-state index >= 15 is 0 Å². The zero-order valence-electron chi connectivity index (χ0n) is 10.8. The first-order valence-corrected chi connectivity index (χ1v) is 8.49. The topological polar surface area (TPSA) is 12.9 Å². The number of halogens is 1. The van der Waals surface area contributed by atoms with Crippen LogP contribution in [0.1, 0.15) is 0 Å². The fourth-order valence-electron chi connectivity index (χ4n) is 2.12. The number of nitrogens with zero attached hydrogens (tertiary/aromatic N) is 1. The molecule has 0 fully saturated rings. The Kier molecular flexibility index (Phi) is 4.25.